The number of nitrogens with one attached hydrogen (secondary N) is 1. The Balaban J connectivity index is 1.79. The molecule has 0 unspecified atom stereocenters. The van der Waals surface area contributed by atoms with Crippen LogP contribution in [0.2, 0.25) is 0 Å². The molecule has 2 rings (SSSR count). The van der Waals surface area contributed by atoms with Crippen molar-refractivity contribution < 1.29 is 9.53 Å². The van der Waals surface area contributed by atoms with Gasteiger partial charge >= 0.3 is 0 Å². The molecule has 1 saturated carbocycles. The van der Waals surface area contributed by atoms with Crippen LogP contribution in [-0.2, 0) is 16.1 Å². The fraction of sp³-hybridized carbons (Fsp3) is 0.692. The van der Waals surface area contributed by atoms with Gasteiger partial charge in [0.05, 0.1) is 13.2 Å². The third-order valence-electron chi connectivity index (χ3n) is 3.60. The van der Waals surface area contributed by atoms with Crippen molar-refractivity contribution in [1.29, 1.82) is 0 Å². The van der Waals surface area contributed by atoms with Crippen molar-refractivity contribution in [3.8, 4) is 0 Å². The van der Waals surface area contributed by atoms with Crippen LogP contribution in [0.4, 0.5) is 5.82 Å². The molecule has 3 N–H and O–H groups in total. The molecule has 19 heavy (non-hydrogen) atoms. The van der Waals surface area contributed by atoms with Crippen LogP contribution in [0, 0.1) is 5.92 Å². The Labute approximate surface area is 113 Å². The van der Waals surface area contributed by atoms with Crippen molar-refractivity contribution in [2.75, 3.05) is 19.0 Å². The molecular weight excluding hydrogens is 244 g/mol. The van der Waals surface area contributed by atoms with Crippen molar-refractivity contribution in [1.82, 2.24) is 9.78 Å². The second kappa shape index (κ2) is 6.68. The monoisotopic (exact) mass is 266 g/mol. The van der Waals surface area contributed by atoms with Gasteiger partial charge in [0, 0.05) is 31.8 Å². The fourth-order valence-corrected chi connectivity index (χ4v) is 2.49. The van der Waals surface area contributed by atoms with E-state index in [0.29, 0.717) is 31.3 Å². The van der Waals surface area contributed by atoms with Gasteiger partial charge in [-0.1, -0.05) is 6.42 Å². The summed E-state index contributed by atoms with van der Waals surface area (Å²) in [5.41, 5.74) is 5.97. The molecule has 1 aromatic rings. The van der Waals surface area contributed by atoms with Gasteiger partial charge in [0.1, 0.15) is 0 Å². The summed E-state index contributed by atoms with van der Waals surface area (Å²) in [5.74, 6) is 0.905. The van der Waals surface area contributed by atoms with Gasteiger partial charge in [-0.15, -0.1) is 0 Å². The molecule has 2 atom stereocenters. The van der Waals surface area contributed by atoms with Gasteiger partial charge in [-0.25, -0.2) is 0 Å². The molecule has 1 aliphatic rings. The number of nitrogens with two attached hydrogens (primary N) is 1. The van der Waals surface area contributed by atoms with Crippen molar-refractivity contribution in [3.05, 3.63) is 12.3 Å². The first-order valence-electron chi connectivity index (χ1n) is 6.77. The molecule has 0 aromatic carbocycles. The number of amides is 1. The van der Waals surface area contributed by atoms with Gasteiger partial charge < -0.3 is 15.8 Å². The van der Waals surface area contributed by atoms with E-state index in [9.17, 15) is 4.79 Å². The number of nitrogens with zero attached hydrogens (tertiary/aromatic N) is 2. The highest BCUT2D eigenvalue weighted by Gasteiger charge is 2.26. The molecule has 1 amide bonds. The van der Waals surface area contributed by atoms with Crippen molar-refractivity contribution in [2.45, 2.75) is 38.3 Å². The molecule has 0 saturated heterocycles. The summed E-state index contributed by atoms with van der Waals surface area (Å²) in [5, 5.41) is 7.07. The lowest BCUT2D eigenvalue weighted by Gasteiger charge is -2.13. The Morgan fingerprint density at radius 2 is 2.47 bits per heavy atom. The zero-order chi connectivity index (χ0) is 13.7. The third-order valence-corrected chi connectivity index (χ3v) is 3.60. The number of anilines is 1. The molecule has 1 heterocycles. The second-order valence-corrected chi connectivity index (χ2v) is 5.06. The van der Waals surface area contributed by atoms with Crippen molar-refractivity contribution in [3.63, 3.8) is 0 Å². The predicted molar refractivity (Wildman–Crippen MR) is 72.7 cm³/mol. The summed E-state index contributed by atoms with van der Waals surface area (Å²) in [6, 6.07) is 1.97. The Morgan fingerprint density at radius 3 is 3.16 bits per heavy atom. The van der Waals surface area contributed by atoms with Gasteiger partial charge in [0.25, 0.3) is 0 Å². The lowest BCUT2D eigenvalue weighted by Crippen LogP contribution is -2.28. The highest BCUT2D eigenvalue weighted by molar-refractivity contribution is 5.89. The van der Waals surface area contributed by atoms with Crippen LogP contribution >= 0.6 is 0 Å². The zero-order valence-electron chi connectivity index (χ0n) is 11.3. The van der Waals surface area contributed by atoms with Crippen LogP contribution in [0.15, 0.2) is 12.3 Å². The number of carbonyl (C=O) groups is 1. The molecule has 1 aliphatic carbocycles. The van der Waals surface area contributed by atoms with Gasteiger partial charge in [-0.2, -0.15) is 5.10 Å². The van der Waals surface area contributed by atoms with Crippen LogP contribution in [0.3, 0.4) is 0 Å². The molecule has 0 radical (unpaired) electrons. The lowest BCUT2D eigenvalue weighted by atomic mass is 10.00. The molecular formula is C13H22N4O2. The number of aromatic nitrogens is 2. The molecule has 6 heteroatoms. The number of methoxy groups -OCH3 is 1. The van der Waals surface area contributed by atoms with Crippen molar-refractivity contribution in [2.24, 2.45) is 11.7 Å². The molecule has 6 nitrogen and oxygen atoms in total. The van der Waals surface area contributed by atoms with Crippen LogP contribution < -0.4 is 11.1 Å². The summed E-state index contributed by atoms with van der Waals surface area (Å²) in [4.78, 5) is 11.9. The minimum Gasteiger partial charge on any atom is -0.383 e. The quantitative estimate of drug-likeness (QED) is 0.804. The van der Waals surface area contributed by atoms with E-state index in [-0.39, 0.29) is 11.9 Å². The summed E-state index contributed by atoms with van der Waals surface area (Å²) in [6.07, 6.45) is 5.53. The Kier molecular flexibility index (Phi) is 4.93. The van der Waals surface area contributed by atoms with Crippen LogP contribution in [0.1, 0.15) is 25.7 Å². The van der Waals surface area contributed by atoms with Crippen LogP contribution in [0.25, 0.3) is 0 Å². The fourth-order valence-electron chi connectivity index (χ4n) is 2.49. The first kappa shape index (κ1) is 14.0. The van der Waals surface area contributed by atoms with Gasteiger partial charge in [0.15, 0.2) is 5.82 Å². The minimum absolute atomic E-state index is 0.000610. The standard InChI is InChI=1S/C13H22N4O2/c1-19-8-7-17-6-5-12(16-17)15-13(18)9-10-3-2-4-11(10)14/h5-6,10-11H,2-4,7-9,14H2,1H3,(H,15,16,18)/t10-,11+/m0/s1. The highest BCUT2D eigenvalue weighted by atomic mass is 16.5. The van der Waals surface area contributed by atoms with E-state index >= 15 is 0 Å². The van der Waals surface area contributed by atoms with Gasteiger partial charge in [-0.05, 0) is 18.8 Å². The molecule has 0 spiro atoms. The maximum Gasteiger partial charge on any atom is 0.225 e. The summed E-state index contributed by atoms with van der Waals surface area (Å²) in [7, 11) is 1.65. The summed E-state index contributed by atoms with van der Waals surface area (Å²) < 4.78 is 6.72. The Morgan fingerprint density at radius 1 is 1.63 bits per heavy atom. The van der Waals surface area contributed by atoms with E-state index in [1.807, 2.05) is 6.20 Å². The van der Waals surface area contributed by atoms with E-state index in [1.54, 1.807) is 17.9 Å². The van der Waals surface area contributed by atoms with Crippen molar-refractivity contribution >= 4 is 11.7 Å². The van der Waals surface area contributed by atoms with Gasteiger partial charge in [-0.3, -0.25) is 9.48 Å². The Bertz CT molecular complexity index is 419. The molecule has 106 valence electrons. The van der Waals surface area contributed by atoms with Gasteiger partial charge in [0.2, 0.25) is 5.91 Å². The van der Waals surface area contributed by atoms with E-state index in [1.165, 1.54) is 0 Å². The largest absolute Gasteiger partial charge is 0.383 e. The van der Waals surface area contributed by atoms with Crippen LogP contribution in [0.5, 0.6) is 0 Å². The topological polar surface area (TPSA) is 82.2 Å². The molecule has 1 fully saturated rings. The Hall–Kier alpha value is -1.40. The average Bonchev–Trinajstić information content (AvgIpc) is 2.97. The maximum atomic E-state index is 11.9. The van der Waals surface area contributed by atoms with Crippen LogP contribution in [-0.4, -0.2) is 35.4 Å². The number of rotatable bonds is 6. The van der Waals surface area contributed by atoms with E-state index in [2.05, 4.69) is 10.4 Å². The van der Waals surface area contributed by atoms with E-state index in [0.717, 1.165) is 19.3 Å². The zero-order valence-corrected chi connectivity index (χ0v) is 11.3. The minimum atomic E-state index is -0.000610. The third kappa shape index (κ3) is 4.04. The average molecular weight is 266 g/mol. The molecule has 1 aromatic heterocycles. The number of carbonyl (C=O) groups excluding carboxylic acids is 1. The summed E-state index contributed by atoms with van der Waals surface area (Å²) in [6.45, 7) is 1.28. The molecule has 0 aliphatic heterocycles. The number of hydrogen-bond acceptors (Lipinski definition) is 4. The summed E-state index contributed by atoms with van der Waals surface area (Å²) >= 11 is 0. The SMILES string of the molecule is COCCn1ccc(NC(=O)C[C@@H]2CCC[C@H]2N)n1. The number of hydrogen-bond donors (Lipinski definition) is 2. The van der Waals surface area contributed by atoms with E-state index in [4.69, 9.17) is 10.5 Å². The first-order valence-corrected chi connectivity index (χ1v) is 6.77. The smallest absolute Gasteiger partial charge is 0.225 e. The highest BCUT2D eigenvalue weighted by Crippen LogP contribution is 2.26. The maximum absolute atomic E-state index is 11.9. The predicted octanol–water partition coefficient (Wildman–Crippen LogP) is 0.985. The first-order chi connectivity index (χ1) is 9.19. The molecule has 0 bridgehead atoms. The second-order valence-electron chi connectivity index (χ2n) is 5.06. The number of ether oxygens (including phenoxy) is 1. The normalized spacial score (nSPS) is 22.6. The lowest BCUT2D eigenvalue weighted by molar-refractivity contribution is -0.117. The van der Waals surface area contributed by atoms with E-state index < -0.39 is 0 Å².